The van der Waals surface area contributed by atoms with E-state index in [2.05, 4.69) is 5.32 Å². The number of piperidine rings is 1. The highest BCUT2D eigenvalue weighted by Crippen LogP contribution is 2.37. The number of nitrogens with one attached hydrogen (secondary N) is 1. The predicted octanol–water partition coefficient (Wildman–Crippen LogP) is 2.02. The molecular formula is C15H19ClN2O3S. The molecule has 2 bridgehead atoms. The summed E-state index contributed by atoms with van der Waals surface area (Å²) in [7, 11) is -3.16. The van der Waals surface area contributed by atoms with Crippen LogP contribution in [-0.4, -0.2) is 43.0 Å². The molecule has 0 spiro atoms. The van der Waals surface area contributed by atoms with Crippen LogP contribution in [0.2, 0.25) is 5.02 Å². The fourth-order valence-electron chi connectivity index (χ4n) is 3.66. The molecule has 1 amide bonds. The lowest BCUT2D eigenvalue weighted by Crippen LogP contribution is -2.52. The summed E-state index contributed by atoms with van der Waals surface area (Å²) < 4.78 is 25.3. The first-order valence-corrected chi connectivity index (χ1v) is 9.62. The van der Waals surface area contributed by atoms with Crippen molar-refractivity contribution in [2.75, 3.05) is 6.26 Å². The van der Waals surface area contributed by atoms with Crippen LogP contribution in [0.4, 0.5) is 0 Å². The quantitative estimate of drug-likeness (QED) is 0.914. The van der Waals surface area contributed by atoms with Crippen LogP contribution in [0.25, 0.3) is 0 Å². The van der Waals surface area contributed by atoms with E-state index < -0.39 is 10.0 Å². The number of fused-ring (bicyclic) bond motifs is 2. The number of amides is 1. The average Bonchev–Trinajstić information content (AvgIpc) is 2.72. The monoisotopic (exact) mass is 342 g/mol. The molecule has 0 aliphatic carbocycles. The Hall–Kier alpha value is -1.11. The van der Waals surface area contributed by atoms with Crippen molar-refractivity contribution in [3.05, 3.63) is 34.9 Å². The lowest BCUT2D eigenvalue weighted by molar-refractivity contribution is 0.0909. The molecule has 2 aliphatic rings. The van der Waals surface area contributed by atoms with E-state index in [0.29, 0.717) is 23.4 Å². The molecule has 2 heterocycles. The number of hydrogen-bond acceptors (Lipinski definition) is 3. The van der Waals surface area contributed by atoms with Crippen molar-refractivity contribution in [2.24, 2.45) is 0 Å². The summed E-state index contributed by atoms with van der Waals surface area (Å²) in [6.07, 6.45) is 4.40. The van der Waals surface area contributed by atoms with E-state index in [0.717, 1.165) is 12.8 Å². The Labute approximate surface area is 135 Å². The van der Waals surface area contributed by atoms with E-state index in [9.17, 15) is 13.2 Å². The van der Waals surface area contributed by atoms with Gasteiger partial charge in [-0.1, -0.05) is 11.6 Å². The van der Waals surface area contributed by atoms with Gasteiger partial charge in [0, 0.05) is 28.7 Å². The number of carbonyl (C=O) groups is 1. The molecule has 2 saturated heterocycles. The largest absolute Gasteiger partial charge is 0.349 e. The standard InChI is InChI=1S/C15H19ClN2O3S/c1-22(20,21)18-13-6-7-14(18)9-12(8-13)17-15(19)10-2-4-11(16)5-3-10/h2-5,12-14H,6-9H2,1H3,(H,17,19). The topological polar surface area (TPSA) is 66.5 Å². The minimum Gasteiger partial charge on any atom is -0.349 e. The molecule has 22 heavy (non-hydrogen) atoms. The number of nitrogens with zero attached hydrogens (tertiary/aromatic N) is 1. The second-order valence-corrected chi connectivity index (χ2v) is 8.45. The normalized spacial score (nSPS) is 28.5. The first kappa shape index (κ1) is 15.8. The van der Waals surface area contributed by atoms with Crippen LogP contribution in [0, 0.1) is 0 Å². The summed E-state index contributed by atoms with van der Waals surface area (Å²) >= 11 is 5.82. The van der Waals surface area contributed by atoms with Gasteiger partial charge in [-0.15, -0.1) is 0 Å². The molecule has 2 fully saturated rings. The fourth-order valence-corrected chi connectivity index (χ4v) is 5.26. The molecule has 1 aromatic rings. The van der Waals surface area contributed by atoms with E-state index in [4.69, 9.17) is 11.6 Å². The van der Waals surface area contributed by atoms with Gasteiger partial charge in [0.05, 0.1) is 6.26 Å². The molecule has 5 nitrogen and oxygen atoms in total. The molecule has 2 aliphatic heterocycles. The zero-order valence-electron chi connectivity index (χ0n) is 12.3. The van der Waals surface area contributed by atoms with Crippen LogP contribution in [0.1, 0.15) is 36.0 Å². The van der Waals surface area contributed by atoms with Crippen molar-refractivity contribution in [1.29, 1.82) is 0 Å². The molecular weight excluding hydrogens is 324 g/mol. The minimum atomic E-state index is -3.16. The zero-order valence-corrected chi connectivity index (χ0v) is 13.9. The molecule has 120 valence electrons. The van der Waals surface area contributed by atoms with Gasteiger partial charge in [-0.25, -0.2) is 8.42 Å². The summed E-state index contributed by atoms with van der Waals surface area (Å²) in [4.78, 5) is 12.3. The number of carbonyl (C=O) groups excluding carboxylic acids is 1. The van der Waals surface area contributed by atoms with E-state index in [1.165, 1.54) is 6.26 Å². The maximum Gasteiger partial charge on any atom is 0.251 e. The van der Waals surface area contributed by atoms with E-state index >= 15 is 0 Å². The van der Waals surface area contributed by atoms with Crippen LogP contribution in [0.15, 0.2) is 24.3 Å². The first-order valence-electron chi connectivity index (χ1n) is 7.39. The molecule has 2 atom stereocenters. The maximum atomic E-state index is 12.3. The van der Waals surface area contributed by atoms with E-state index in [1.807, 2.05) is 0 Å². The number of hydrogen-bond donors (Lipinski definition) is 1. The Morgan fingerprint density at radius 3 is 2.23 bits per heavy atom. The second-order valence-electron chi connectivity index (χ2n) is 6.13. The van der Waals surface area contributed by atoms with Gasteiger partial charge >= 0.3 is 0 Å². The van der Waals surface area contributed by atoms with Crippen molar-refractivity contribution in [1.82, 2.24) is 9.62 Å². The third-order valence-corrected chi connectivity index (χ3v) is 6.10. The summed E-state index contributed by atoms with van der Waals surface area (Å²) in [5, 5.41) is 3.62. The van der Waals surface area contributed by atoms with E-state index in [-0.39, 0.29) is 24.0 Å². The van der Waals surface area contributed by atoms with Gasteiger partial charge in [-0.3, -0.25) is 4.79 Å². The molecule has 0 saturated carbocycles. The third kappa shape index (κ3) is 3.14. The highest BCUT2D eigenvalue weighted by Gasteiger charge is 2.45. The van der Waals surface area contributed by atoms with Crippen molar-refractivity contribution in [2.45, 2.75) is 43.8 Å². The summed E-state index contributed by atoms with van der Waals surface area (Å²) in [5.41, 5.74) is 0.572. The van der Waals surface area contributed by atoms with Crippen LogP contribution >= 0.6 is 11.6 Å². The van der Waals surface area contributed by atoms with Gasteiger partial charge < -0.3 is 5.32 Å². The smallest absolute Gasteiger partial charge is 0.251 e. The SMILES string of the molecule is CS(=O)(=O)N1C2CCC1CC(NC(=O)c1ccc(Cl)cc1)C2. The molecule has 3 rings (SSSR count). The highest BCUT2D eigenvalue weighted by molar-refractivity contribution is 7.88. The van der Waals surface area contributed by atoms with Crippen molar-refractivity contribution in [3.63, 3.8) is 0 Å². The van der Waals surface area contributed by atoms with Gasteiger partial charge in [-0.2, -0.15) is 4.31 Å². The van der Waals surface area contributed by atoms with Gasteiger partial charge in [0.1, 0.15) is 0 Å². The van der Waals surface area contributed by atoms with Crippen molar-refractivity contribution < 1.29 is 13.2 Å². The summed E-state index contributed by atoms with van der Waals surface area (Å²) in [5.74, 6) is -0.131. The number of rotatable bonds is 3. The Balaban J connectivity index is 1.67. The molecule has 1 N–H and O–H groups in total. The second kappa shape index (κ2) is 5.83. The van der Waals surface area contributed by atoms with Crippen molar-refractivity contribution in [3.8, 4) is 0 Å². The number of halogens is 1. The van der Waals surface area contributed by atoms with Gasteiger partial charge in [0.2, 0.25) is 10.0 Å². The first-order chi connectivity index (χ1) is 10.3. The molecule has 0 aromatic heterocycles. The minimum absolute atomic E-state index is 0.0178. The van der Waals surface area contributed by atoms with Gasteiger partial charge in [0.25, 0.3) is 5.91 Å². The van der Waals surface area contributed by atoms with Crippen LogP contribution < -0.4 is 5.32 Å². The maximum absolute atomic E-state index is 12.3. The van der Waals surface area contributed by atoms with Crippen molar-refractivity contribution >= 4 is 27.5 Å². The molecule has 7 heteroatoms. The predicted molar refractivity (Wildman–Crippen MR) is 85.4 cm³/mol. The van der Waals surface area contributed by atoms with Crippen LogP contribution in [0.5, 0.6) is 0 Å². The Kier molecular flexibility index (Phi) is 4.18. The highest BCUT2D eigenvalue weighted by atomic mass is 35.5. The van der Waals surface area contributed by atoms with E-state index in [1.54, 1.807) is 28.6 Å². The number of benzene rings is 1. The molecule has 1 aromatic carbocycles. The lowest BCUT2D eigenvalue weighted by atomic mass is 9.99. The fraction of sp³-hybridized carbons (Fsp3) is 0.533. The van der Waals surface area contributed by atoms with Crippen LogP contribution in [0.3, 0.4) is 0 Å². The summed E-state index contributed by atoms with van der Waals surface area (Å²) in [6, 6.07) is 6.82. The Morgan fingerprint density at radius 2 is 1.73 bits per heavy atom. The van der Waals surface area contributed by atoms with Gasteiger partial charge in [0.15, 0.2) is 0 Å². The molecule has 0 radical (unpaired) electrons. The number of sulfonamides is 1. The average molecular weight is 343 g/mol. The Morgan fingerprint density at radius 1 is 1.18 bits per heavy atom. The third-order valence-electron chi connectivity index (χ3n) is 4.49. The van der Waals surface area contributed by atoms with Gasteiger partial charge in [-0.05, 0) is 49.9 Å². The molecule has 2 unspecified atom stereocenters. The summed E-state index contributed by atoms with van der Waals surface area (Å²) in [6.45, 7) is 0. The zero-order chi connectivity index (χ0) is 15.9. The van der Waals surface area contributed by atoms with Crippen LogP contribution in [-0.2, 0) is 10.0 Å². The lowest BCUT2D eigenvalue weighted by Gasteiger charge is -2.37. The Bertz CT molecular complexity index is 661.